The molecule has 2 bridgehead atoms. The van der Waals surface area contributed by atoms with Gasteiger partial charge in [-0.1, -0.05) is 18.1 Å². The molecule has 4 aromatic rings. The Balaban J connectivity index is 1.62. The van der Waals surface area contributed by atoms with E-state index in [0.29, 0.717) is 35.1 Å². The van der Waals surface area contributed by atoms with Gasteiger partial charge in [-0.25, -0.2) is 8.78 Å². The van der Waals surface area contributed by atoms with Gasteiger partial charge in [0.1, 0.15) is 22.9 Å². The van der Waals surface area contributed by atoms with Crippen LogP contribution in [0.15, 0.2) is 36.4 Å². The number of phenolic OH excluding ortho intramolecular Hbond substituents is 1. The number of hydrogen-bond donors (Lipinski definition) is 1. The third kappa shape index (κ3) is 2.97. The number of anilines is 1. The van der Waals surface area contributed by atoms with Crippen LogP contribution in [-0.2, 0) is 4.74 Å². The van der Waals surface area contributed by atoms with Gasteiger partial charge >= 0.3 is 6.01 Å². The normalized spacial score (nSPS) is 19.2. The van der Waals surface area contributed by atoms with Gasteiger partial charge in [-0.15, -0.1) is 6.42 Å². The lowest BCUT2D eigenvalue weighted by atomic mass is 9.93. The number of nitrogens with zero attached hydrogens (tertiary/aromatic N) is 3. The third-order valence-corrected chi connectivity index (χ3v) is 6.61. The van der Waals surface area contributed by atoms with Crippen molar-refractivity contribution in [2.24, 2.45) is 0 Å². The van der Waals surface area contributed by atoms with Gasteiger partial charge in [0.05, 0.1) is 31.4 Å². The van der Waals surface area contributed by atoms with Crippen LogP contribution in [0.4, 0.5) is 14.6 Å². The number of morpholine rings is 1. The Labute approximate surface area is 193 Å². The SMILES string of the molecule is C#Cc1c(F)ccc2cc(O)cc(-c3ccc4c(N5CC6CC5CO6)nc(OC)nc4c3F)c12. The topological polar surface area (TPSA) is 67.7 Å². The van der Waals surface area contributed by atoms with Crippen molar-refractivity contribution in [3.8, 4) is 35.2 Å². The van der Waals surface area contributed by atoms with Crippen LogP contribution in [0.25, 0.3) is 32.8 Å². The summed E-state index contributed by atoms with van der Waals surface area (Å²) < 4.78 is 41.6. The molecule has 6 rings (SSSR count). The Kier molecular flexibility index (Phi) is 4.57. The molecule has 3 heterocycles. The fourth-order valence-electron chi connectivity index (χ4n) is 5.08. The summed E-state index contributed by atoms with van der Waals surface area (Å²) in [5, 5.41) is 11.7. The van der Waals surface area contributed by atoms with E-state index in [9.17, 15) is 9.50 Å². The molecule has 0 radical (unpaired) electrons. The minimum atomic E-state index is -0.640. The number of halogens is 2. The molecule has 2 unspecified atom stereocenters. The van der Waals surface area contributed by atoms with Gasteiger partial charge in [0.15, 0.2) is 5.82 Å². The number of terminal acetylenes is 1. The highest BCUT2D eigenvalue weighted by Crippen LogP contribution is 2.41. The molecule has 2 aliphatic rings. The van der Waals surface area contributed by atoms with Crippen LogP contribution in [0.3, 0.4) is 0 Å². The van der Waals surface area contributed by atoms with Crippen molar-refractivity contribution in [1.82, 2.24) is 9.97 Å². The monoisotopic (exact) mass is 459 g/mol. The lowest BCUT2D eigenvalue weighted by Gasteiger charge is -2.29. The van der Waals surface area contributed by atoms with E-state index in [2.05, 4.69) is 20.8 Å². The molecule has 2 aliphatic heterocycles. The van der Waals surface area contributed by atoms with Crippen molar-refractivity contribution < 1.29 is 23.4 Å². The Morgan fingerprint density at radius 1 is 1.18 bits per heavy atom. The van der Waals surface area contributed by atoms with Gasteiger partial charge < -0.3 is 19.5 Å². The van der Waals surface area contributed by atoms with E-state index in [4.69, 9.17) is 15.9 Å². The molecule has 2 saturated heterocycles. The smallest absolute Gasteiger partial charge is 0.318 e. The molecule has 0 saturated carbocycles. The first-order chi connectivity index (χ1) is 16.5. The quantitative estimate of drug-likeness (QED) is 0.458. The number of fused-ring (bicyclic) bond motifs is 4. The Hall–Kier alpha value is -3.96. The number of aromatic hydroxyl groups is 1. The largest absolute Gasteiger partial charge is 0.508 e. The standard InChI is InChI=1S/C26H19F2N3O3/c1-3-17-21(27)7-4-13-8-15(32)10-20(22(13)17)18-5-6-19-24(23(18)28)29-26(33-2)30-25(19)31-11-16-9-14(31)12-34-16/h1,4-8,10,14,16,32H,9,11-12H2,2H3. The van der Waals surface area contributed by atoms with E-state index in [0.717, 1.165) is 6.42 Å². The molecule has 6 nitrogen and oxygen atoms in total. The second-order valence-electron chi connectivity index (χ2n) is 8.51. The van der Waals surface area contributed by atoms with E-state index in [1.54, 1.807) is 12.1 Å². The zero-order chi connectivity index (χ0) is 23.6. The van der Waals surface area contributed by atoms with Crippen LogP contribution in [-0.4, -0.2) is 47.5 Å². The Morgan fingerprint density at radius 3 is 2.74 bits per heavy atom. The maximum absolute atomic E-state index is 16.1. The van der Waals surface area contributed by atoms with Crippen molar-refractivity contribution in [3.05, 3.63) is 53.6 Å². The number of hydrogen-bond acceptors (Lipinski definition) is 6. The van der Waals surface area contributed by atoms with Crippen molar-refractivity contribution in [2.45, 2.75) is 18.6 Å². The molecule has 170 valence electrons. The number of benzene rings is 3. The Bertz CT molecular complexity index is 1530. The average Bonchev–Trinajstić information content (AvgIpc) is 3.47. The van der Waals surface area contributed by atoms with E-state index < -0.39 is 11.6 Å². The minimum Gasteiger partial charge on any atom is -0.508 e. The predicted octanol–water partition coefficient (Wildman–Crippen LogP) is 4.40. The van der Waals surface area contributed by atoms with Gasteiger partial charge in [-0.2, -0.15) is 9.97 Å². The van der Waals surface area contributed by atoms with Crippen LogP contribution in [0.2, 0.25) is 0 Å². The molecule has 2 fully saturated rings. The lowest BCUT2D eigenvalue weighted by molar-refractivity contribution is 0.0989. The van der Waals surface area contributed by atoms with Crippen LogP contribution in [0.5, 0.6) is 11.8 Å². The molecule has 0 spiro atoms. The van der Waals surface area contributed by atoms with Gasteiger partial charge in [-0.3, -0.25) is 0 Å². The molecule has 1 N–H and O–H groups in total. The summed E-state index contributed by atoms with van der Waals surface area (Å²) in [7, 11) is 1.43. The van der Waals surface area contributed by atoms with Crippen LogP contribution in [0, 0.1) is 24.0 Å². The Morgan fingerprint density at radius 2 is 2.03 bits per heavy atom. The zero-order valence-electron chi connectivity index (χ0n) is 18.2. The fourth-order valence-corrected chi connectivity index (χ4v) is 5.08. The van der Waals surface area contributed by atoms with E-state index in [1.165, 1.54) is 31.4 Å². The van der Waals surface area contributed by atoms with Crippen LogP contribution < -0.4 is 9.64 Å². The number of phenols is 1. The first kappa shape index (κ1) is 20.6. The molecular formula is C26H19F2N3O3. The summed E-state index contributed by atoms with van der Waals surface area (Å²) in [6.07, 6.45) is 6.61. The summed E-state index contributed by atoms with van der Waals surface area (Å²) in [5.41, 5.74) is 0.474. The van der Waals surface area contributed by atoms with Gasteiger partial charge in [-0.05, 0) is 41.6 Å². The number of ether oxygens (including phenoxy) is 2. The number of methoxy groups -OCH3 is 1. The maximum atomic E-state index is 16.1. The number of rotatable bonds is 3. The van der Waals surface area contributed by atoms with Gasteiger partial charge in [0, 0.05) is 22.9 Å². The average molecular weight is 459 g/mol. The molecular weight excluding hydrogens is 440 g/mol. The second-order valence-corrected chi connectivity index (χ2v) is 8.51. The molecule has 1 aromatic heterocycles. The molecule has 0 aliphatic carbocycles. The van der Waals surface area contributed by atoms with Crippen LogP contribution >= 0.6 is 0 Å². The molecule has 34 heavy (non-hydrogen) atoms. The second kappa shape index (κ2) is 7.54. The number of aromatic nitrogens is 2. The maximum Gasteiger partial charge on any atom is 0.318 e. The summed E-state index contributed by atoms with van der Waals surface area (Å²) in [6.45, 7) is 1.25. The highest BCUT2D eigenvalue weighted by Gasteiger charge is 2.40. The lowest BCUT2D eigenvalue weighted by Crippen LogP contribution is -2.37. The van der Waals surface area contributed by atoms with Crippen molar-refractivity contribution in [3.63, 3.8) is 0 Å². The van der Waals surface area contributed by atoms with Gasteiger partial charge in [0.2, 0.25) is 0 Å². The fraction of sp³-hybridized carbons (Fsp3) is 0.231. The van der Waals surface area contributed by atoms with Crippen molar-refractivity contribution in [1.29, 1.82) is 0 Å². The highest BCUT2D eigenvalue weighted by atomic mass is 19.1. The summed E-state index contributed by atoms with van der Waals surface area (Å²) in [4.78, 5) is 10.9. The first-order valence-electron chi connectivity index (χ1n) is 10.8. The van der Waals surface area contributed by atoms with E-state index >= 15 is 4.39 Å². The highest BCUT2D eigenvalue weighted by molar-refractivity contribution is 6.04. The van der Waals surface area contributed by atoms with E-state index in [1.807, 2.05) is 0 Å². The predicted molar refractivity (Wildman–Crippen MR) is 124 cm³/mol. The van der Waals surface area contributed by atoms with Crippen molar-refractivity contribution in [2.75, 3.05) is 25.2 Å². The summed E-state index contributed by atoms with van der Waals surface area (Å²) in [6, 6.07) is 9.09. The van der Waals surface area contributed by atoms with Crippen molar-refractivity contribution >= 4 is 27.5 Å². The summed E-state index contributed by atoms with van der Waals surface area (Å²) >= 11 is 0. The first-order valence-corrected chi connectivity index (χ1v) is 10.8. The van der Waals surface area contributed by atoms with E-state index in [-0.39, 0.29) is 46.1 Å². The molecule has 8 heteroatoms. The minimum absolute atomic E-state index is 0.000969. The zero-order valence-corrected chi connectivity index (χ0v) is 18.2. The summed E-state index contributed by atoms with van der Waals surface area (Å²) in [5.74, 6) is 1.62. The van der Waals surface area contributed by atoms with Crippen LogP contribution in [0.1, 0.15) is 12.0 Å². The molecule has 3 aromatic carbocycles. The third-order valence-electron chi connectivity index (χ3n) is 6.61. The molecule has 2 atom stereocenters. The molecule has 0 amide bonds. The van der Waals surface area contributed by atoms with Gasteiger partial charge in [0.25, 0.3) is 0 Å².